The molecule has 11 nitrogen and oxygen atoms in total. The van der Waals surface area contributed by atoms with Crippen LogP contribution < -0.4 is 9.80 Å². The number of hydrogen-bond acceptors (Lipinski definition) is 8. The topological polar surface area (TPSA) is 110 Å². The Morgan fingerprint density at radius 2 is 1.89 bits per heavy atom. The summed E-state index contributed by atoms with van der Waals surface area (Å²) in [6.07, 6.45) is -2.57. The molecule has 2 amide bonds. The molecule has 15 heteroatoms. The first-order valence-corrected chi connectivity index (χ1v) is 11.0. The lowest BCUT2D eigenvalue weighted by Gasteiger charge is -2.24. The standard InChI is InChI=1S/C21H22F4N6O5/c22-15-9-13(30-11-14(36-21(30)34)1-2-17(32)20(24)25)10-16(23)19(15)28-5-6-31(35-8-7-28)18(33)12-29-4-3-26-27-29/h3-4,9-10,14,20H,1-2,5-8,11-12H2/t14-/m0/s1. The van der Waals surface area contributed by atoms with Crippen LogP contribution in [0.3, 0.4) is 0 Å². The molecule has 194 valence electrons. The third kappa shape index (κ3) is 5.72. The number of rotatable bonds is 8. The molecule has 0 bridgehead atoms. The van der Waals surface area contributed by atoms with Crippen LogP contribution >= 0.6 is 0 Å². The van der Waals surface area contributed by atoms with Gasteiger partial charge >= 0.3 is 6.09 Å². The lowest BCUT2D eigenvalue weighted by Crippen LogP contribution is -2.37. The number of ether oxygens (including phenoxy) is 1. The fraction of sp³-hybridized carbons (Fsp3) is 0.476. The summed E-state index contributed by atoms with van der Waals surface area (Å²) in [5.74, 6) is -3.57. The first kappa shape index (κ1) is 25.3. The summed E-state index contributed by atoms with van der Waals surface area (Å²) < 4.78 is 61.2. The number of benzene rings is 1. The minimum absolute atomic E-state index is 0.0127. The van der Waals surface area contributed by atoms with Gasteiger partial charge in [0.1, 0.15) is 18.3 Å². The molecular weight excluding hydrogens is 492 g/mol. The van der Waals surface area contributed by atoms with Gasteiger partial charge in [-0.2, -0.15) is 0 Å². The second-order valence-electron chi connectivity index (χ2n) is 8.10. The van der Waals surface area contributed by atoms with Crippen LogP contribution in [0, 0.1) is 11.6 Å². The molecule has 1 aromatic carbocycles. The van der Waals surface area contributed by atoms with Gasteiger partial charge in [0.05, 0.1) is 31.6 Å². The van der Waals surface area contributed by atoms with E-state index >= 15 is 8.78 Å². The van der Waals surface area contributed by atoms with Gasteiger partial charge in [0.25, 0.3) is 12.3 Å². The SMILES string of the molecule is O=C(CC[C@H]1CN(c2cc(F)c(N3CCON(C(=O)Cn4ccnn4)CC3)c(F)c2)C(=O)O1)C(F)F. The van der Waals surface area contributed by atoms with Crippen LogP contribution in [0.25, 0.3) is 0 Å². The zero-order valence-corrected chi connectivity index (χ0v) is 18.9. The summed E-state index contributed by atoms with van der Waals surface area (Å²) in [5, 5.41) is 8.42. The van der Waals surface area contributed by atoms with E-state index in [-0.39, 0.29) is 57.1 Å². The number of amides is 2. The lowest BCUT2D eigenvalue weighted by atomic mass is 10.1. The number of ketones is 1. The van der Waals surface area contributed by atoms with E-state index in [1.165, 1.54) is 22.0 Å². The number of hydrogen-bond donors (Lipinski definition) is 0. The van der Waals surface area contributed by atoms with E-state index in [0.717, 1.165) is 22.1 Å². The van der Waals surface area contributed by atoms with Crippen molar-refractivity contribution in [2.24, 2.45) is 0 Å². The number of hydroxylamine groups is 2. The lowest BCUT2D eigenvalue weighted by molar-refractivity contribution is -0.182. The van der Waals surface area contributed by atoms with E-state index in [1.54, 1.807) is 0 Å². The Labute approximate surface area is 202 Å². The van der Waals surface area contributed by atoms with Crippen molar-refractivity contribution in [3.8, 4) is 0 Å². The minimum Gasteiger partial charge on any atom is -0.444 e. The fourth-order valence-corrected chi connectivity index (χ4v) is 3.91. The highest BCUT2D eigenvalue weighted by Gasteiger charge is 2.34. The van der Waals surface area contributed by atoms with Crippen molar-refractivity contribution in [2.75, 3.05) is 42.6 Å². The summed E-state index contributed by atoms with van der Waals surface area (Å²) >= 11 is 0. The smallest absolute Gasteiger partial charge is 0.414 e. The van der Waals surface area contributed by atoms with Gasteiger partial charge in [0.15, 0.2) is 17.4 Å². The third-order valence-corrected chi connectivity index (χ3v) is 5.69. The quantitative estimate of drug-likeness (QED) is 0.491. The molecule has 0 radical (unpaired) electrons. The van der Waals surface area contributed by atoms with Gasteiger partial charge in [-0.05, 0) is 6.42 Å². The van der Waals surface area contributed by atoms with Crippen LogP contribution in [0.1, 0.15) is 12.8 Å². The first-order chi connectivity index (χ1) is 17.2. The summed E-state index contributed by atoms with van der Waals surface area (Å²) in [4.78, 5) is 43.5. The summed E-state index contributed by atoms with van der Waals surface area (Å²) in [6.45, 7) is -0.0734. The second kappa shape index (κ2) is 10.9. The van der Waals surface area contributed by atoms with Crippen molar-refractivity contribution >= 4 is 29.2 Å². The number of aromatic nitrogens is 3. The van der Waals surface area contributed by atoms with Crippen molar-refractivity contribution in [1.82, 2.24) is 20.1 Å². The number of cyclic esters (lactones) is 1. The zero-order valence-electron chi connectivity index (χ0n) is 18.9. The Kier molecular flexibility index (Phi) is 7.67. The molecule has 0 saturated carbocycles. The van der Waals surface area contributed by atoms with Gasteiger partial charge in [-0.3, -0.25) is 19.3 Å². The molecule has 0 spiro atoms. The molecule has 3 heterocycles. The van der Waals surface area contributed by atoms with Crippen molar-refractivity contribution in [2.45, 2.75) is 31.9 Å². The highest BCUT2D eigenvalue weighted by molar-refractivity contribution is 5.90. The Hall–Kier alpha value is -3.75. The predicted molar refractivity (Wildman–Crippen MR) is 114 cm³/mol. The molecular formula is C21H22F4N6O5. The predicted octanol–water partition coefficient (Wildman–Crippen LogP) is 1.78. The molecule has 2 aromatic rings. The van der Waals surface area contributed by atoms with Crippen LogP contribution in [0.4, 0.5) is 33.7 Å². The Morgan fingerprint density at radius 3 is 2.56 bits per heavy atom. The summed E-state index contributed by atoms with van der Waals surface area (Å²) in [6, 6.07) is 1.93. The second-order valence-corrected chi connectivity index (χ2v) is 8.10. The number of nitrogens with zero attached hydrogens (tertiary/aromatic N) is 6. The molecule has 0 N–H and O–H groups in total. The van der Waals surface area contributed by atoms with Crippen molar-refractivity contribution in [3.05, 3.63) is 36.2 Å². The number of carbonyl (C=O) groups is 3. The molecule has 36 heavy (non-hydrogen) atoms. The Balaban J connectivity index is 1.40. The third-order valence-electron chi connectivity index (χ3n) is 5.69. The summed E-state index contributed by atoms with van der Waals surface area (Å²) in [7, 11) is 0. The molecule has 2 aliphatic heterocycles. The molecule has 2 aliphatic rings. The van der Waals surface area contributed by atoms with Crippen LogP contribution in [0.2, 0.25) is 0 Å². The van der Waals surface area contributed by atoms with Crippen molar-refractivity contribution in [1.29, 1.82) is 0 Å². The van der Waals surface area contributed by atoms with Crippen molar-refractivity contribution in [3.63, 3.8) is 0 Å². The van der Waals surface area contributed by atoms with Gasteiger partial charge in [0, 0.05) is 37.8 Å². The number of carbonyl (C=O) groups excluding carboxylic acids is 3. The number of Topliss-reactive ketones (excluding diaryl/α,β-unsaturated/α-hetero) is 1. The van der Waals surface area contributed by atoms with Gasteiger partial charge in [0.2, 0.25) is 0 Å². The monoisotopic (exact) mass is 514 g/mol. The van der Waals surface area contributed by atoms with Crippen LogP contribution in [-0.2, 0) is 25.7 Å². The molecule has 0 aliphatic carbocycles. The average molecular weight is 514 g/mol. The first-order valence-electron chi connectivity index (χ1n) is 11.0. The van der Waals surface area contributed by atoms with Crippen molar-refractivity contribution < 1.29 is 41.5 Å². The molecule has 4 rings (SSSR count). The summed E-state index contributed by atoms with van der Waals surface area (Å²) in [5.41, 5.74) is -0.461. The van der Waals surface area contributed by atoms with Crippen LogP contribution in [0.15, 0.2) is 24.5 Å². The van der Waals surface area contributed by atoms with Gasteiger partial charge in [-0.15, -0.1) is 5.10 Å². The number of halogens is 4. The van der Waals surface area contributed by atoms with E-state index in [2.05, 4.69) is 10.3 Å². The Bertz CT molecular complexity index is 1100. The fourth-order valence-electron chi connectivity index (χ4n) is 3.91. The number of anilines is 2. The van der Waals surface area contributed by atoms with Crippen LogP contribution in [0.5, 0.6) is 0 Å². The molecule has 1 atom stereocenters. The van der Waals surface area contributed by atoms with Gasteiger partial charge in [-0.1, -0.05) is 5.21 Å². The molecule has 2 saturated heterocycles. The van der Waals surface area contributed by atoms with E-state index < -0.39 is 48.4 Å². The van der Waals surface area contributed by atoms with E-state index in [0.29, 0.717) is 0 Å². The van der Waals surface area contributed by atoms with E-state index in [9.17, 15) is 23.2 Å². The highest BCUT2D eigenvalue weighted by Crippen LogP contribution is 2.32. The maximum atomic E-state index is 15.0. The van der Waals surface area contributed by atoms with E-state index in [1.807, 2.05) is 0 Å². The highest BCUT2D eigenvalue weighted by atomic mass is 19.3. The maximum absolute atomic E-state index is 15.0. The molecule has 0 unspecified atom stereocenters. The zero-order chi connectivity index (χ0) is 25.8. The normalized spacial score (nSPS) is 18.5. The van der Waals surface area contributed by atoms with E-state index in [4.69, 9.17) is 9.57 Å². The van der Waals surface area contributed by atoms with Gasteiger partial charge in [-0.25, -0.2) is 32.1 Å². The number of alkyl halides is 2. The van der Waals surface area contributed by atoms with Gasteiger partial charge < -0.3 is 9.64 Å². The minimum atomic E-state index is -3.11. The largest absolute Gasteiger partial charge is 0.444 e. The van der Waals surface area contributed by atoms with Crippen LogP contribution in [-0.4, -0.2) is 83.2 Å². The average Bonchev–Trinajstić information content (AvgIpc) is 3.40. The molecule has 2 fully saturated rings. The Morgan fingerprint density at radius 1 is 1.14 bits per heavy atom. The maximum Gasteiger partial charge on any atom is 0.414 e. The molecule has 1 aromatic heterocycles.